The lowest BCUT2D eigenvalue weighted by molar-refractivity contribution is 0.0800. The molecule has 2 rings (SSSR count). The fraction of sp³-hybridized carbons (Fsp3) is 0.375. The minimum atomic E-state index is -0.338. The number of carbonyl (C=O) groups excluding carboxylic acids is 1. The maximum absolute atomic E-state index is 12.4. The number of phenolic OH excluding ortho intramolecular Hbond substituents is 1. The molecule has 0 bridgehead atoms. The molecule has 0 atom stereocenters. The number of rotatable bonds is 1. The zero-order chi connectivity index (χ0) is 14.9. The van der Waals surface area contributed by atoms with Crippen molar-refractivity contribution in [1.29, 1.82) is 5.26 Å². The number of nitrogens with zero attached hydrogens (tertiary/aromatic N) is 2. The van der Waals surface area contributed by atoms with Crippen molar-refractivity contribution in [2.24, 2.45) is 0 Å². The molecule has 0 fully saturated rings. The highest BCUT2D eigenvalue weighted by Crippen LogP contribution is 2.34. The van der Waals surface area contributed by atoms with E-state index in [0.29, 0.717) is 24.2 Å². The molecule has 0 saturated carbocycles. The maximum Gasteiger partial charge on any atom is 0.254 e. The topological polar surface area (TPSA) is 64.3 Å². The van der Waals surface area contributed by atoms with Gasteiger partial charge in [0.1, 0.15) is 11.8 Å². The van der Waals surface area contributed by atoms with Crippen molar-refractivity contribution in [3.8, 4) is 11.8 Å². The predicted molar refractivity (Wildman–Crippen MR) is 76.6 cm³/mol. The molecule has 1 aliphatic rings. The lowest BCUT2D eigenvalue weighted by Gasteiger charge is -2.23. The van der Waals surface area contributed by atoms with Gasteiger partial charge in [0.2, 0.25) is 0 Å². The fourth-order valence-corrected chi connectivity index (χ4v) is 2.24. The Morgan fingerprint density at radius 2 is 1.90 bits per heavy atom. The van der Waals surface area contributed by atoms with E-state index in [4.69, 9.17) is 5.26 Å². The summed E-state index contributed by atoms with van der Waals surface area (Å²) in [5.41, 5.74) is 0.878. The van der Waals surface area contributed by atoms with Crippen LogP contribution in [0.5, 0.6) is 5.75 Å². The molecule has 0 aliphatic carbocycles. The van der Waals surface area contributed by atoms with Crippen molar-refractivity contribution in [1.82, 2.24) is 4.90 Å². The highest BCUT2D eigenvalue weighted by Gasteiger charge is 2.25. The SMILES string of the molecule is CC(C)(C)c1cc(C(=O)N2CC=CC2)cc(C#N)c1O. The van der Waals surface area contributed by atoms with Crippen LogP contribution in [0.1, 0.15) is 42.3 Å². The molecule has 1 aromatic carbocycles. The van der Waals surface area contributed by atoms with Crippen molar-refractivity contribution in [2.45, 2.75) is 26.2 Å². The third-order valence-corrected chi connectivity index (χ3v) is 3.39. The Hall–Kier alpha value is -2.28. The minimum absolute atomic E-state index is 0.0314. The highest BCUT2D eigenvalue weighted by atomic mass is 16.3. The molecule has 20 heavy (non-hydrogen) atoms. The van der Waals surface area contributed by atoms with Gasteiger partial charge in [-0.05, 0) is 17.5 Å². The number of phenols is 1. The molecule has 1 aromatic rings. The molecular weight excluding hydrogens is 252 g/mol. The van der Waals surface area contributed by atoms with E-state index < -0.39 is 0 Å². The number of benzene rings is 1. The number of carbonyl (C=O) groups is 1. The van der Waals surface area contributed by atoms with Crippen molar-refractivity contribution < 1.29 is 9.90 Å². The highest BCUT2D eigenvalue weighted by molar-refractivity contribution is 5.95. The van der Waals surface area contributed by atoms with Gasteiger partial charge >= 0.3 is 0 Å². The van der Waals surface area contributed by atoms with Crippen LogP contribution in [-0.4, -0.2) is 29.0 Å². The van der Waals surface area contributed by atoms with Gasteiger partial charge in [-0.3, -0.25) is 4.79 Å². The van der Waals surface area contributed by atoms with Gasteiger partial charge in [0.05, 0.1) is 5.56 Å². The van der Waals surface area contributed by atoms with E-state index >= 15 is 0 Å². The second kappa shape index (κ2) is 5.01. The van der Waals surface area contributed by atoms with Crippen LogP contribution in [0.4, 0.5) is 0 Å². The van der Waals surface area contributed by atoms with E-state index in [1.165, 1.54) is 6.07 Å². The monoisotopic (exact) mass is 270 g/mol. The van der Waals surface area contributed by atoms with Crippen molar-refractivity contribution in [2.75, 3.05) is 13.1 Å². The first-order valence-corrected chi connectivity index (χ1v) is 6.56. The zero-order valence-electron chi connectivity index (χ0n) is 12.0. The third-order valence-electron chi connectivity index (χ3n) is 3.39. The van der Waals surface area contributed by atoms with E-state index in [-0.39, 0.29) is 22.6 Å². The predicted octanol–water partition coefficient (Wildman–Crippen LogP) is 2.57. The molecule has 0 saturated heterocycles. The largest absolute Gasteiger partial charge is 0.506 e. The molecular formula is C16H18N2O2. The normalized spacial score (nSPS) is 14.4. The number of aromatic hydroxyl groups is 1. The summed E-state index contributed by atoms with van der Waals surface area (Å²) in [4.78, 5) is 14.1. The Balaban J connectivity index is 2.49. The fourth-order valence-electron chi connectivity index (χ4n) is 2.24. The summed E-state index contributed by atoms with van der Waals surface area (Å²) in [7, 11) is 0. The van der Waals surface area contributed by atoms with Gasteiger partial charge in [0.15, 0.2) is 0 Å². The Morgan fingerprint density at radius 3 is 2.40 bits per heavy atom. The van der Waals surface area contributed by atoms with Crippen molar-refractivity contribution >= 4 is 5.91 Å². The average molecular weight is 270 g/mol. The van der Waals surface area contributed by atoms with Crippen LogP contribution >= 0.6 is 0 Å². The van der Waals surface area contributed by atoms with Gasteiger partial charge < -0.3 is 10.0 Å². The Labute approximate surface area is 118 Å². The van der Waals surface area contributed by atoms with Crippen LogP contribution in [0.15, 0.2) is 24.3 Å². The summed E-state index contributed by atoms with van der Waals surface area (Å²) in [5.74, 6) is -0.145. The first kappa shape index (κ1) is 14.1. The molecule has 1 aliphatic heterocycles. The van der Waals surface area contributed by atoms with Gasteiger partial charge in [-0.1, -0.05) is 32.9 Å². The standard InChI is InChI=1S/C16H18N2O2/c1-16(2,3)13-9-11(8-12(10-17)14(13)19)15(20)18-6-4-5-7-18/h4-5,8-9,19H,6-7H2,1-3H3. The lowest BCUT2D eigenvalue weighted by Crippen LogP contribution is -2.28. The molecule has 0 aromatic heterocycles. The minimum Gasteiger partial charge on any atom is -0.506 e. The molecule has 1 N–H and O–H groups in total. The molecule has 104 valence electrons. The van der Waals surface area contributed by atoms with Crippen LogP contribution in [0.3, 0.4) is 0 Å². The number of nitriles is 1. The zero-order valence-corrected chi connectivity index (χ0v) is 12.0. The Kier molecular flexibility index (Phi) is 3.54. The first-order valence-electron chi connectivity index (χ1n) is 6.56. The maximum atomic E-state index is 12.4. The van der Waals surface area contributed by atoms with Crippen LogP contribution in [0, 0.1) is 11.3 Å². The summed E-state index contributed by atoms with van der Waals surface area (Å²) in [6.45, 7) is 7.00. The van der Waals surface area contributed by atoms with E-state index in [2.05, 4.69) is 0 Å². The summed E-state index contributed by atoms with van der Waals surface area (Å²) in [6.07, 6.45) is 3.88. The molecule has 0 spiro atoms. The molecule has 4 nitrogen and oxygen atoms in total. The van der Waals surface area contributed by atoms with Gasteiger partial charge in [0.25, 0.3) is 5.91 Å². The summed E-state index contributed by atoms with van der Waals surface area (Å²) < 4.78 is 0. The van der Waals surface area contributed by atoms with E-state index in [1.807, 2.05) is 39.0 Å². The molecule has 1 amide bonds. The van der Waals surface area contributed by atoms with E-state index in [9.17, 15) is 9.90 Å². The van der Waals surface area contributed by atoms with Crippen molar-refractivity contribution in [3.63, 3.8) is 0 Å². The van der Waals surface area contributed by atoms with Crippen LogP contribution < -0.4 is 0 Å². The quantitative estimate of drug-likeness (QED) is 0.798. The van der Waals surface area contributed by atoms with E-state index in [0.717, 1.165) is 0 Å². The second-order valence-corrected chi connectivity index (χ2v) is 5.96. The molecule has 0 unspecified atom stereocenters. The third kappa shape index (κ3) is 2.53. The van der Waals surface area contributed by atoms with Crippen LogP contribution in [-0.2, 0) is 5.41 Å². The van der Waals surface area contributed by atoms with Gasteiger partial charge in [-0.25, -0.2) is 0 Å². The van der Waals surface area contributed by atoms with E-state index in [1.54, 1.807) is 11.0 Å². The molecule has 4 heteroatoms. The Morgan fingerprint density at radius 1 is 1.30 bits per heavy atom. The average Bonchev–Trinajstić information content (AvgIpc) is 2.90. The van der Waals surface area contributed by atoms with Crippen molar-refractivity contribution in [3.05, 3.63) is 41.0 Å². The first-order chi connectivity index (χ1) is 9.34. The second-order valence-electron chi connectivity index (χ2n) is 5.96. The van der Waals surface area contributed by atoms with Gasteiger partial charge in [-0.15, -0.1) is 0 Å². The smallest absolute Gasteiger partial charge is 0.254 e. The molecule has 0 radical (unpaired) electrons. The number of hydrogen-bond donors (Lipinski definition) is 1. The van der Waals surface area contributed by atoms with Gasteiger partial charge in [-0.2, -0.15) is 5.26 Å². The molecule has 1 heterocycles. The summed E-state index contributed by atoms with van der Waals surface area (Å²) >= 11 is 0. The summed E-state index contributed by atoms with van der Waals surface area (Å²) in [5, 5.41) is 19.3. The Bertz CT molecular complexity index is 611. The summed E-state index contributed by atoms with van der Waals surface area (Å²) in [6, 6.07) is 5.11. The van der Waals surface area contributed by atoms with Crippen LogP contribution in [0.25, 0.3) is 0 Å². The lowest BCUT2D eigenvalue weighted by atomic mass is 9.84. The number of amides is 1. The van der Waals surface area contributed by atoms with Crippen LogP contribution in [0.2, 0.25) is 0 Å². The van der Waals surface area contributed by atoms with Gasteiger partial charge in [0, 0.05) is 24.2 Å². The number of hydrogen-bond acceptors (Lipinski definition) is 3.